The van der Waals surface area contributed by atoms with E-state index in [4.69, 9.17) is 0 Å². The Balaban J connectivity index is 2.18. The van der Waals surface area contributed by atoms with Crippen molar-refractivity contribution in [1.82, 2.24) is 4.72 Å². The first-order valence-electron chi connectivity index (χ1n) is 6.22. The fraction of sp³-hybridized carbons (Fsp3) is 0.462. The molecule has 0 bridgehead atoms. The van der Waals surface area contributed by atoms with Crippen molar-refractivity contribution in [2.45, 2.75) is 25.8 Å². The molecule has 1 aliphatic heterocycles. The van der Waals surface area contributed by atoms with Crippen LogP contribution in [0.2, 0.25) is 0 Å². The molecule has 1 saturated heterocycles. The van der Waals surface area contributed by atoms with E-state index in [2.05, 4.69) is 4.72 Å². The lowest BCUT2D eigenvalue weighted by Gasteiger charge is -2.32. The fourth-order valence-corrected chi connectivity index (χ4v) is 2.96. The van der Waals surface area contributed by atoms with Gasteiger partial charge in [-0.15, -0.1) is 0 Å². The lowest BCUT2D eigenvalue weighted by molar-refractivity contribution is -0.121. The highest BCUT2D eigenvalue weighted by molar-refractivity contribution is 7.88. The molecule has 104 valence electrons. The molecule has 0 aliphatic carbocycles. The van der Waals surface area contributed by atoms with Crippen LogP contribution in [0.3, 0.4) is 0 Å². The van der Waals surface area contributed by atoms with Crippen LogP contribution in [0.5, 0.6) is 0 Å². The predicted molar refractivity (Wildman–Crippen MR) is 74.5 cm³/mol. The third kappa shape index (κ3) is 3.54. The van der Waals surface area contributed by atoms with E-state index < -0.39 is 16.1 Å². The van der Waals surface area contributed by atoms with Crippen molar-refractivity contribution in [3.8, 4) is 0 Å². The Morgan fingerprint density at radius 2 is 1.89 bits per heavy atom. The van der Waals surface area contributed by atoms with Gasteiger partial charge in [-0.1, -0.05) is 17.7 Å². The summed E-state index contributed by atoms with van der Waals surface area (Å²) in [5, 5.41) is 0. The summed E-state index contributed by atoms with van der Waals surface area (Å²) in [7, 11) is -3.37. The van der Waals surface area contributed by atoms with Crippen LogP contribution < -0.4 is 9.62 Å². The quantitative estimate of drug-likeness (QED) is 0.900. The number of hydrogen-bond donors (Lipinski definition) is 1. The van der Waals surface area contributed by atoms with Crippen LogP contribution in [-0.4, -0.2) is 33.2 Å². The fourth-order valence-electron chi connectivity index (χ4n) is 2.22. The molecule has 2 rings (SSSR count). The summed E-state index contributed by atoms with van der Waals surface area (Å²) < 4.78 is 24.9. The summed E-state index contributed by atoms with van der Waals surface area (Å²) in [5.41, 5.74) is 1.94. The minimum absolute atomic E-state index is 0.180. The SMILES string of the molecule is Cc1ccc(N2CCCC(NS(C)(=O)=O)C2=O)cc1. The normalized spacial score (nSPS) is 20.6. The van der Waals surface area contributed by atoms with Crippen LogP contribution in [0.4, 0.5) is 5.69 Å². The number of carbonyl (C=O) groups excluding carboxylic acids is 1. The number of aryl methyl sites for hydroxylation is 1. The first-order valence-corrected chi connectivity index (χ1v) is 8.11. The average Bonchev–Trinajstić information content (AvgIpc) is 2.32. The van der Waals surface area contributed by atoms with Crippen LogP contribution in [0.1, 0.15) is 18.4 Å². The van der Waals surface area contributed by atoms with Gasteiger partial charge in [0, 0.05) is 12.2 Å². The van der Waals surface area contributed by atoms with Gasteiger partial charge in [-0.25, -0.2) is 13.1 Å². The summed E-state index contributed by atoms with van der Waals surface area (Å²) in [5.74, 6) is -0.180. The highest BCUT2D eigenvalue weighted by atomic mass is 32.2. The van der Waals surface area contributed by atoms with E-state index in [1.165, 1.54) is 0 Å². The molecule has 1 aliphatic rings. The zero-order valence-corrected chi connectivity index (χ0v) is 11.9. The smallest absolute Gasteiger partial charge is 0.245 e. The Bertz CT molecular complexity index is 566. The number of rotatable bonds is 3. The Hall–Kier alpha value is -1.40. The predicted octanol–water partition coefficient (Wildman–Crippen LogP) is 1.04. The second-order valence-electron chi connectivity index (χ2n) is 4.91. The van der Waals surface area contributed by atoms with Gasteiger partial charge < -0.3 is 4.90 Å². The second-order valence-corrected chi connectivity index (χ2v) is 6.69. The molecule has 1 heterocycles. The molecule has 5 nitrogen and oxygen atoms in total. The molecule has 1 amide bonds. The van der Waals surface area contributed by atoms with Crippen molar-refractivity contribution in [2.75, 3.05) is 17.7 Å². The molecular formula is C13H18N2O3S. The Morgan fingerprint density at radius 3 is 2.47 bits per heavy atom. The maximum atomic E-state index is 12.3. The summed E-state index contributed by atoms with van der Waals surface area (Å²) in [6.07, 6.45) is 2.41. The van der Waals surface area contributed by atoms with Gasteiger partial charge in [0.2, 0.25) is 15.9 Å². The standard InChI is InChI=1S/C13H18N2O3S/c1-10-5-7-11(8-6-10)15-9-3-4-12(13(15)16)14-19(2,17)18/h5-8,12,14H,3-4,9H2,1-2H3. The van der Waals surface area contributed by atoms with Crippen molar-refractivity contribution in [3.05, 3.63) is 29.8 Å². The minimum Gasteiger partial charge on any atom is -0.311 e. The molecule has 0 saturated carbocycles. The van der Waals surface area contributed by atoms with Gasteiger partial charge in [-0.05, 0) is 31.9 Å². The van der Waals surface area contributed by atoms with E-state index in [-0.39, 0.29) is 5.91 Å². The average molecular weight is 282 g/mol. The van der Waals surface area contributed by atoms with Crippen molar-refractivity contribution in [2.24, 2.45) is 0 Å². The number of hydrogen-bond acceptors (Lipinski definition) is 3. The molecule has 1 aromatic rings. The maximum absolute atomic E-state index is 12.3. The zero-order chi connectivity index (χ0) is 14.0. The first kappa shape index (κ1) is 14.0. The molecule has 0 spiro atoms. The van der Waals surface area contributed by atoms with E-state index in [1.54, 1.807) is 4.90 Å². The number of nitrogens with zero attached hydrogens (tertiary/aromatic N) is 1. The summed E-state index contributed by atoms with van der Waals surface area (Å²) >= 11 is 0. The van der Waals surface area contributed by atoms with Crippen LogP contribution >= 0.6 is 0 Å². The molecule has 6 heteroatoms. The van der Waals surface area contributed by atoms with E-state index in [0.717, 1.165) is 23.9 Å². The Labute approximate surface area is 113 Å². The molecular weight excluding hydrogens is 264 g/mol. The lowest BCUT2D eigenvalue weighted by Crippen LogP contribution is -2.52. The van der Waals surface area contributed by atoms with Crippen molar-refractivity contribution in [1.29, 1.82) is 0 Å². The number of anilines is 1. The third-order valence-corrected chi connectivity index (χ3v) is 3.85. The van der Waals surface area contributed by atoms with Gasteiger partial charge in [-0.2, -0.15) is 0 Å². The minimum atomic E-state index is -3.37. The van der Waals surface area contributed by atoms with Gasteiger partial charge in [0.15, 0.2) is 0 Å². The molecule has 1 fully saturated rings. The molecule has 19 heavy (non-hydrogen) atoms. The Kier molecular flexibility index (Phi) is 3.91. The molecule has 0 radical (unpaired) electrons. The zero-order valence-electron chi connectivity index (χ0n) is 11.1. The second kappa shape index (κ2) is 5.30. The van der Waals surface area contributed by atoms with E-state index >= 15 is 0 Å². The van der Waals surface area contributed by atoms with Crippen LogP contribution in [0.25, 0.3) is 0 Å². The number of amides is 1. The van der Waals surface area contributed by atoms with Gasteiger partial charge in [0.25, 0.3) is 0 Å². The Morgan fingerprint density at radius 1 is 1.26 bits per heavy atom. The largest absolute Gasteiger partial charge is 0.311 e. The highest BCUT2D eigenvalue weighted by Crippen LogP contribution is 2.21. The van der Waals surface area contributed by atoms with E-state index in [9.17, 15) is 13.2 Å². The number of carbonyl (C=O) groups is 1. The van der Waals surface area contributed by atoms with Gasteiger partial charge in [-0.3, -0.25) is 4.79 Å². The molecule has 0 aromatic heterocycles. The number of sulfonamides is 1. The van der Waals surface area contributed by atoms with Crippen LogP contribution in [-0.2, 0) is 14.8 Å². The number of piperidine rings is 1. The number of nitrogens with one attached hydrogen (secondary N) is 1. The van der Waals surface area contributed by atoms with Gasteiger partial charge in [0.05, 0.1) is 6.26 Å². The monoisotopic (exact) mass is 282 g/mol. The first-order chi connectivity index (χ1) is 8.87. The molecule has 1 unspecified atom stereocenters. The lowest BCUT2D eigenvalue weighted by atomic mass is 10.0. The third-order valence-electron chi connectivity index (χ3n) is 3.14. The van der Waals surface area contributed by atoms with Crippen LogP contribution in [0.15, 0.2) is 24.3 Å². The maximum Gasteiger partial charge on any atom is 0.245 e. The van der Waals surface area contributed by atoms with Crippen LogP contribution in [0, 0.1) is 6.92 Å². The van der Waals surface area contributed by atoms with Crippen molar-refractivity contribution < 1.29 is 13.2 Å². The molecule has 1 atom stereocenters. The van der Waals surface area contributed by atoms with Crippen molar-refractivity contribution >= 4 is 21.6 Å². The molecule has 1 N–H and O–H groups in total. The summed E-state index contributed by atoms with van der Waals surface area (Å²) in [6.45, 7) is 2.61. The summed E-state index contributed by atoms with van der Waals surface area (Å²) in [6, 6.07) is 7.00. The molecule has 1 aromatic carbocycles. The number of benzene rings is 1. The van der Waals surface area contributed by atoms with Crippen molar-refractivity contribution in [3.63, 3.8) is 0 Å². The van der Waals surface area contributed by atoms with E-state index in [0.29, 0.717) is 13.0 Å². The van der Waals surface area contributed by atoms with Gasteiger partial charge >= 0.3 is 0 Å². The highest BCUT2D eigenvalue weighted by Gasteiger charge is 2.31. The van der Waals surface area contributed by atoms with Gasteiger partial charge in [0.1, 0.15) is 6.04 Å². The topological polar surface area (TPSA) is 66.5 Å². The summed E-state index contributed by atoms with van der Waals surface area (Å²) in [4.78, 5) is 13.9. The van der Waals surface area contributed by atoms with E-state index in [1.807, 2.05) is 31.2 Å².